The van der Waals surface area contributed by atoms with Gasteiger partial charge >= 0.3 is 5.97 Å². The average molecular weight is 457 g/mol. The highest BCUT2D eigenvalue weighted by Gasteiger charge is 2.10. The van der Waals surface area contributed by atoms with E-state index in [4.69, 9.17) is 9.47 Å². The molecule has 0 aromatic heterocycles. The number of anilines is 1. The van der Waals surface area contributed by atoms with Gasteiger partial charge in [0.15, 0.2) is 0 Å². The molecule has 0 spiro atoms. The van der Waals surface area contributed by atoms with E-state index in [0.29, 0.717) is 25.3 Å². The Morgan fingerprint density at radius 2 is 1.79 bits per heavy atom. The molecule has 0 amide bonds. The highest BCUT2D eigenvalue weighted by Crippen LogP contribution is 2.33. The minimum Gasteiger partial charge on any atom is -0.492 e. The number of benzene rings is 2. The number of esters is 1. The van der Waals surface area contributed by atoms with Crippen LogP contribution in [0.4, 0.5) is 5.69 Å². The molecule has 0 saturated heterocycles. The zero-order valence-electron chi connectivity index (χ0n) is 13.6. The van der Waals surface area contributed by atoms with Crippen LogP contribution < -0.4 is 10.1 Å². The van der Waals surface area contributed by atoms with Crippen LogP contribution in [0, 0.1) is 0 Å². The van der Waals surface area contributed by atoms with Crippen molar-refractivity contribution < 1.29 is 14.3 Å². The van der Waals surface area contributed by atoms with E-state index in [1.54, 1.807) is 19.1 Å². The van der Waals surface area contributed by atoms with Crippen molar-refractivity contribution in [3.05, 3.63) is 56.5 Å². The van der Waals surface area contributed by atoms with Crippen molar-refractivity contribution in [3.63, 3.8) is 0 Å². The molecule has 2 aromatic rings. The SMILES string of the molecule is CCOC(=O)c1ccc(NCc2cc(Br)cc(Br)c2OCC)cc1. The van der Waals surface area contributed by atoms with Crippen LogP contribution >= 0.6 is 31.9 Å². The summed E-state index contributed by atoms with van der Waals surface area (Å²) in [4.78, 5) is 11.7. The largest absolute Gasteiger partial charge is 0.492 e. The molecule has 0 radical (unpaired) electrons. The second-order valence-corrected chi connectivity index (χ2v) is 6.73. The number of nitrogens with one attached hydrogen (secondary N) is 1. The monoisotopic (exact) mass is 455 g/mol. The van der Waals surface area contributed by atoms with Gasteiger partial charge in [0.25, 0.3) is 0 Å². The Kier molecular flexibility index (Phi) is 7.12. The van der Waals surface area contributed by atoms with Gasteiger partial charge in [-0.15, -0.1) is 0 Å². The third kappa shape index (κ3) is 4.98. The topological polar surface area (TPSA) is 47.6 Å². The van der Waals surface area contributed by atoms with E-state index in [1.165, 1.54) is 0 Å². The van der Waals surface area contributed by atoms with E-state index in [9.17, 15) is 4.79 Å². The summed E-state index contributed by atoms with van der Waals surface area (Å²) >= 11 is 7.03. The van der Waals surface area contributed by atoms with Gasteiger partial charge in [-0.1, -0.05) is 15.9 Å². The first-order chi connectivity index (χ1) is 11.5. The predicted octanol–water partition coefficient (Wildman–Crippen LogP) is 5.40. The molecule has 0 saturated carbocycles. The fourth-order valence-electron chi connectivity index (χ4n) is 2.19. The van der Waals surface area contributed by atoms with Crippen LogP contribution in [0.3, 0.4) is 0 Å². The van der Waals surface area contributed by atoms with Gasteiger partial charge in [0.1, 0.15) is 5.75 Å². The van der Waals surface area contributed by atoms with Crippen LogP contribution in [0.5, 0.6) is 5.75 Å². The summed E-state index contributed by atoms with van der Waals surface area (Å²) in [6, 6.07) is 11.2. The van der Waals surface area contributed by atoms with Crippen molar-refractivity contribution >= 4 is 43.5 Å². The molecule has 0 atom stereocenters. The molecule has 0 aliphatic heterocycles. The number of carbonyl (C=O) groups is 1. The predicted molar refractivity (Wildman–Crippen MR) is 103 cm³/mol. The summed E-state index contributed by atoms with van der Waals surface area (Å²) in [5.74, 6) is 0.523. The van der Waals surface area contributed by atoms with Crippen LogP contribution in [-0.2, 0) is 11.3 Å². The van der Waals surface area contributed by atoms with Crippen molar-refractivity contribution in [3.8, 4) is 5.75 Å². The van der Waals surface area contributed by atoms with Crippen molar-refractivity contribution in [2.45, 2.75) is 20.4 Å². The standard InChI is InChI=1S/C18H19Br2NO3/c1-3-23-17-13(9-14(19)10-16(17)20)11-21-15-7-5-12(6-8-15)18(22)24-4-2/h5-10,21H,3-4,11H2,1-2H3. The van der Waals surface area contributed by atoms with Gasteiger partial charge in [-0.05, 0) is 66.2 Å². The van der Waals surface area contributed by atoms with Gasteiger partial charge < -0.3 is 14.8 Å². The molecule has 0 fully saturated rings. The molecule has 0 unspecified atom stereocenters. The third-order valence-corrected chi connectivity index (χ3v) is 4.30. The maximum Gasteiger partial charge on any atom is 0.338 e. The summed E-state index contributed by atoms with van der Waals surface area (Å²) < 4.78 is 12.6. The van der Waals surface area contributed by atoms with Gasteiger partial charge in [0, 0.05) is 22.3 Å². The molecule has 0 bridgehead atoms. The van der Waals surface area contributed by atoms with E-state index in [2.05, 4.69) is 37.2 Å². The minimum absolute atomic E-state index is 0.307. The highest BCUT2D eigenvalue weighted by atomic mass is 79.9. The fourth-order valence-corrected chi connectivity index (χ4v) is 3.61. The Labute approximate surface area is 158 Å². The third-order valence-electron chi connectivity index (χ3n) is 3.25. The van der Waals surface area contributed by atoms with Gasteiger partial charge in [0.05, 0.1) is 23.2 Å². The van der Waals surface area contributed by atoms with Gasteiger partial charge in [-0.3, -0.25) is 0 Å². The smallest absolute Gasteiger partial charge is 0.338 e. The Bertz CT molecular complexity index is 702. The molecular weight excluding hydrogens is 438 g/mol. The van der Waals surface area contributed by atoms with Crippen LogP contribution in [-0.4, -0.2) is 19.2 Å². The van der Waals surface area contributed by atoms with Crippen molar-refractivity contribution in [2.75, 3.05) is 18.5 Å². The van der Waals surface area contributed by atoms with Crippen LogP contribution in [0.15, 0.2) is 45.3 Å². The quantitative estimate of drug-likeness (QED) is 0.566. The van der Waals surface area contributed by atoms with Gasteiger partial charge in [-0.2, -0.15) is 0 Å². The number of hydrogen-bond donors (Lipinski definition) is 1. The molecule has 0 heterocycles. The number of halogens is 2. The van der Waals surface area contributed by atoms with Crippen LogP contribution in [0.25, 0.3) is 0 Å². The summed E-state index contributed by atoms with van der Waals surface area (Å²) in [6.07, 6.45) is 0. The van der Waals surface area contributed by atoms with E-state index < -0.39 is 0 Å². The Hall–Kier alpha value is -1.53. The lowest BCUT2D eigenvalue weighted by Crippen LogP contribution is -2.06. The van der Waals surface area contributed by atoms with E-state index in [0.717, 1.165) is 25.9 Å². The number of ether oxygens (including phenoxy) is 2. The maximum atomic E-state index is 11.7. The molecular formula is C18H19Br2NO3. The van der Waals surface area contributed by atoms with Crippen LogP contribution in [0.2, 0.25) is 0 Å². The van der Waals surface area contributed by atoms with Crippen molar-refractivity contribution in [2.24, 2.45) is 0 Å². The molecule has 128 valence electrons. The first kappa shape index (κ1) is 18.8. The van der Waals surface area contributed by atoms with Gasteiger partial charge in [0.2, 0.25) is 0 Å². The van der Waals surface area contributed by atoms with Crippen molar-refractivity contribution in [1.29, 1.82) is 0 Å². The molecule has 4 nitrogen and oxygen atoms in total. The minimum atomic E-state index is -0.307. The second-order valence-electron chi connectivity index (χ2n) is 4.96. The van der Waals surface area contributed by atoms with E-state index in [-0.39, 0.29) is 5.97 Å². The Morgan fingerprint density at radius 3 is 2.42 bits per heavy atom. The highest BCUT2D eigenvalue weighted by molar-refractivity contribution is 9.11. The molecule has 0 aliphatic carbocycles. The Balaban J connectivity index is 2.09. The fraction of sp³-hybridized carbons (Fsp3) is 0.278. The molecule has 6 heteroatoms. The van der Waals surface area contributed by atoms with Gasteiger partial charge in [-0.25, -0.2) is 4.79 Å². The molecule has 0 aliphatic rings. The summed E-state index contributed by atoms with van der Waals surface area (Å²) in [5, 5.41) is 3.34. The summed E-state index contributed by atoms with van der Waals surface area (Å²) in [7, 11) is 0. The van der Waals surface area contributed by atoms with E-state index >= 15 is 0 Å². The number of hydrogen-bond acceptors (Lipinski definition) is 4. The summed E-state index contributed by atoms with van der Waals surface area (Å²) in [6.45, 7) is 5.32. The summed E-state index contributed by atoms with van der Waals surface area (Å²) in [5.41, 5.74) is 2.50. The van der Waals surface area contributed by atoms with Crippen molar-refractivity contribution in [1.82, 2.24) is 0 Å². The Morgan fingerprint density at radius 1 is 1.08 bits per heavy atom. The molecule has 24 heavy (non-hydrogen) atoms. The number of carbonyl (C=O) groups excluding carboxylic acids is 1. The normalized spacial score (nSPS) is 10.3. The lowest BCUT2D eigenvalue weighted by atomic mass is 10.1. The first-order valence-electron chi connectivity index (χ1n) is 7.67. The molecule has 2 rings (SSSR count). The maximum absolute atomic E-state index is 11.7. The second kappa shape index (κ2) is 9.08. The molecule has 1 N–H and O–H groups in total. The van der Waals surface area contributed by atoms with Crippen LogP contribution in [0.1, 0.15) is 29.8 Å². The first-order valence-corrected chi connectivity index (χ1v) is 9.25. The van der Waals surface area contributed by atoms with E-state index in [1.807, 2.05) is 31.2 Å². The lowest BCUT2D eigenvalue weighted by Gasteiger charge is -2.14. The number of rotatable bonds is 7. The zero-order valence-corrected chi connectivity index (χ0v) is 16.7. The zero-order chi connectivity index (χ0) is 17.5. The lowest BCUT2D eigenvalue weighted by molar-refractivity contribution is 0.0526. The molecule has 2 aromatic carbocycles. The average Bonchev–Trinajstić information content (AvgIpc) is 2.56.